The molecule has 0 radical (unpaired) electrons. The van der Waals surface area contributed by atoms with E-state index in [2.05, 4.69) is 28.2 Å². The Labute approximate surface area is 128 Å². The zero-order chi connectivity index (χ0) is 14.9. The van der Waals surface area contributed by atoms with Crippen molar-refractivity contribution in [3.63, 3.8) is 0 Å². The third kappa shape index (κ3) is 3.11. The van der Waals surface area contributed by atoms with Crippen molar-refractivity contribution >= 4 is 27.7 Å². The van der Waals surface area contributed by atoms with Gasteiger partial charge in [-0.2, -0.15) is 0 Å². The molecule has 2 atom stereocenters. The third-order valence-electron chi connectivity index (χ3n) is 4.05. The summed E-state index contributed by atoms with van der Waals surface area (Å²) in [5.74, 6) is -0.213. The minimum absolute atomic E-state index is 0.129. The lowest BCUT2D eigenvalue weighted by Crippen LogP contribution is -2.53. The van der Waals surface area contributed by atoms with Gasteiger partial charge in [-0.1, -0.05) is 48.8 Å². The van der Waals surface area contributed by atoms with E-state index in [9.17, 15) is 9.59 Å². The second kappa shape index (κ2) is 5.68. The number of carbonyl (C=O) groups excluding carboxylic acids is 2. The number of hydrogen-bond donors (Lipinski definition) is 1. The topological polar surface area (TPSA) is 46.2 Å². The molecular formula is C16H20BrNO2. The van der Waals surface area contributed by atoms with E-state index in [0.717, 1.165) is 16.5 Å². The van der Waals surface area contributed by atoms with E-state index in [1.54, 1.807) is 0 Å². The van der Waals surface area contributed by atoms with E-state index < -0.39 is 0 Å². The number of hydrogen-bond acceptors (Lipinski definition) is 2. The standard InChI is InChI=1S/C16H20BrNO2/c1-10(2)14-15(20)18-13(19)9-16(14,3)8-11-4-6-12(17)7-5-11/h4-7,10,14H,8-9H2,1-3H3,(H,18,19,20). The van der Waals surface area contributed by atoms with Crippen LogP contribution in [0.3, 0.4) is 0 Å². The second-order valence-corrected chi connectivity index (χ2v) is 7.18. The summed E-state index contributed by atoms with van der Waals surface area (Å²) in [4.78, 5) is 23.9. The molecule has 0 spiro atoms. The highest BCUT2D eigenvalue weighted by molar-refractivity contribution is 9.10. The van der Waals surface area contributed by atoms with Crippen molar-refractivity contribution in [1.82, 2.24) is 5.32 Å². The van der Waals surface area contributed by atoms with Crippen LogP contribution in [0.4, 0.5) is 0 Å². The smallest absolute Gasteiger partial charge is 0.230 e. The summed E-state index contributed by atoms with van der Waals surface area (Å²) in [5, 5.41) is 2.48. The van der Waals surface area contributed by atoms with Gasteiger partial charge in [0.2, 0.25) is 11.8 Å². The van der Waals surface area contributed by atoms with Gasteiger partial charge in [0.05, 0.1) is 0 Å². The van der Waals surface area contributed by atoms with Crippen LogP contribution in [0, 0.1) is 17.3 Å². The first-order valence-corrected chi connectivity index (χ1v) is 7.69. The first-order chi connectivity index (χ1) is 9.32. The zero-order valence-corrected chi connectivity index (χ0v) is 13.7. The van der Waals surface area contributed by atoms with Crippen molar-refractivity contribution in [2.45, 2.75) is 33.6 Å². The number of benzene rings is 1. The van der Waals surface area contributed by atoms with Gasteiger partial charge in [-0.3, -0.25) is 14.9 Å². The van der Waals surface area contributed by atoms with Gasteiger partial charge in [-0.15, -0.1) is 0 Å². The Morgan fingerprint density at radius 3 is 2.45 bits per heavy atom. The molecule has 2 amide bonds. The lowest BCUT2D eigenvalue weighted by Gasteiger charge is -2.42. The number of rotatable bonds is 3. The highest BCUT2D eigenvalue weighted by atomic mass is 79.9. The quantitative estimate of drug-likeness (QED) is 0.860. The monoisotopic (exact) mass is 337 g/mol. The average Bonchev–Trinajstić information content (AvgIpc) is 2.29. The molecule has 0 aromatic heterocycles. The van der Waals surface area contributed by atoms with Gasteiger partial charge in [-0.25, -0.2) is 0 Å². The summed E-state index contributed by atoms with van der Waals surface area (Å²) < 4.78 is 1.03. The van der Waals surface area contributed by atoms with E-state index in [1.807, 2.05) is 38.1 Å². The van der Waals surface area contributed by atoms with Crippen LogP contribution >= 0.6 is 15.9 Å². The Kier molecular flexibility index (Phi) is 4.33. The minimum Gasteiger partial charge on any atom is -0.296 e. The number of amides is 2. The van der Waals surface area contributed by atoms with Crippen molar-refractivity contribution in [2.24, 2.45) is 17.3 Å². The number of halogens is 1. The molecule has 1 N–H and O–H groups in total. The van der Waals surface area contributed by atoms with Crippen molar-refractivity contribution in [1.29, 1.82) is 0 Å². The SMILES string of the molecule is CC(C)C1C(=O)NC(=O)CC1(C)Cc1ccc(Br)cc1. The van der Waals surface area contributed by atoms with Crippen molar-refractivity contribution in [3.8, 4) is 0 Å². The first-order valence-electron chi connectivity index (χ1n) is 6.90. The van der Waals surface area contributed by atoms with Crippen LogP contribution in [0.15, 0.2) is 28.7 Å². The van der Waals surface area contributed by atoms with E-state index in [0.29, 0.717) is 6.42 Å². The maximum atomic E-state index is 12.2. The molecule has 0 saturated carbocycles. The molecule has 1 fully saturated rings. The fraction of sp³-hybridized carbons (Fsp3) is 0.500. The molecule has 2 rings (SSSR count). The molecule has 0 bridgehead atoms. The highest BCUT2D eigenvalue weighted by Crippen LogP contribution is 2.41. The molecule has 108 valence electrons. The summed E-state index contributed by atoms with van der Waals surface area (Å²) in [6, 6.07) is 8.08. The van der Waals surface area contributed by atoms with Gasteiger partial charge < -0.3 is 0 Å². The highest BCUT2D eigenvalue weighted by Gasteiger charge is 2.46. The third-order valence-corrected chi connectivity index (χ3v) is 4.58. The summed E-state index contributed by atoms with van der Waals surface area (Å²) in [6.07, 6.45) is 1.14. The Morgan fingerprint density at radius 2 is 1.90 bits per heavy atom. The largest absolute Gasteiger partial charge is 0.296 e. The number of piperidine rings is 1. The van der Waals surface area contributed by atoms with Gasteiger partial charge in [0, 0.05) is 16.8 Å². The van der Waals surface area contributed by atoms with Gasteiger partial charge in [-0.05, 0) is 35.4 Å². The van der Waals surface area contributed by atoms with Crippen molar-refractivity contribution in [3.05, 3.63) is 34.3 Å². The van der Waals surface area contributed by atoms with Crippen molar-refractivity contribution in [2.75, 3.05) is 0 Å². The average molecular weight is 338 g/mol. The van der Waals surface area contributed by atoms with Gasteiger partial charge in [0.1, 0.15) is 0 Å². The maximum absolute atomic E-state index is 12.2. The van der Waals surface area contributed by atoms with Crippen LogP contribution in [-0.2, 0) is 16.0 Å². The van der Waals surface area contributed by atoms with E-state index in [1.165, 1.54) is 0 Å². The van der Waals surface area contributed by atoms with Gasteiger partial charge in [0.25, 0.3) is 0 Å². The Balaban J connectivity index is 2.30. The predicted molar refractivity (Wildman–Crippen MR) is 82.0 cm³/mol. The molecule has 3 nitrogen and oxygen atoms in total. The maximum Gasteiger partial charge on any atom is 0.230 e. The molecule has 1 aromatic rings. The van der Waals surface area contributed by atoms with E-state index in [4.69, 9.17) is 0 Å². The zero-order valence-electron chi connectivity index (χ0n) is 12.1. The summed E-state index contributed by atoms with van der Waals surface area (Å²) >= 11 is 3.42. The first kappa shape index (κ1) is 15.2. The van der Waals surface area contributed by atoms with Crippen LogP contribution in [0.1, 0.15) is 32.8 Å². The predicted octanol–water partition coefficient (Wildman–Crippen LogP) is 3.32. The lowest BCUT2D eigenvalue weighted by atomic mass is 9.64. The van der Waals surface area contributed by atoms with Gasteiger partial charge >= 0.3 is 0 Å². The number of carbonyl (C=O) groups is 2. The Morgan fingerprint density at radius 1 is 1.30 bits per heavy atom. The van der Waals surface area contributed by atoms with Crippen molar-refractivity contribution < 1.29 is 9.59 Å². The van der Waals surface area contributed by atoms with E-state index >= 15 is 0 Å². The summed E-state index contributed by atoms with van der Waals surface area (Å²) in [5.41, 5.74) is 0.838. The molecule has 1 aliphatic rings. The fourth-order valence-electron chi connectivity index (χ4n) is 3.40. The second-order valence-electron chi connectivity index (χ2n) is 6.27. The lowest BCUT2D eigenvalue weighted by molar-refractivity contribution is -0.145. The van der Waals surface area contributed by atoms with Gasteiger partial charge in [0.15, 0.2) is 0 Å². The van der Waals surface area contributed by atoms with Crippen LogP contribution in [0.25, 0.3) is 0 Å². The minimum atomic E-state index is -0.318. The Hall–Kier alpha value is -1.16. The summed E-state index contributed by atoms with van der Waals surface area (Å²) in [6.45, 7) is 6.14. The van der Waals surface area contributed by atoms with E-state index in [-0.39, 0.29) is 29.1 Å². The van der Waals surface area contributed by atoms with Crippen LogP contribution in [0.5, 0.6) is 0 Å². The number of nitrogens with one attached hydrogen (secondary N) is 1. The number of imide groups is 1. The van der Waals surface area contributed by atoms with Crippen LogP contribution in [-0.4, -0.2) is 11.8 Å². The molecule has 4 heteroatoms. The summed E-state index contributed by atoms with van der Waals surface area (Å²) in [7, 11) is 0. The Bertz CT molecular complexity index is 524. The molecule has 20 heavy (non-hydrogen) atoms. The van der Waals surface area contributed by atoms with Crippen LogP contribution < -0.4 is 5.32 Å². The molecule has 1 saturated heterocycles. The molecule has 1 aromatic carbocycles. The molecule has 1 heterocycles. The molecular weight excluding hydrogens is 318 g/mol. The molecule has 0 aliphatic carbocycles. The normalized spacial score (nSPS) is 26.8. The molecule has 2 unspecified atom stereocenters. The molecule has 1 aliphatic heterocycles. The van der Waals surface area contributed by atoms with Crippen LogP contribution in [0.2, 0.25) is 0 Å². The fourth-order valence-corrected chi connectivity index (χ4v) is 3.67.